The molecule has 120 valence electrons. The average Bonchev–Trinajstić information content (AvgIpc) is 2.61. The lowest BCUT2D eigenvalue weighted by molar-refractivity contribution is -0.142. The number of hydrogen-bond donors (Lipinski definition) is 1. The summed E-state index contributed by atoms with van der Waals surface area (Å²) < 4.78 is 9.73. The molecule has 1 atom stereocenters. The van der Waals surface area contributed by atoms with E-state index in [0.717, 1.165) is 5.56 Å². The second-order valence-corrected chi connectivity index (χ2v) is 4.68. The van der Waals surface area contributed by atoms with E-state index in [2.05, 4.69) is 15.3 Å². The Hall–Kier alpha value is -2.96. The first-order valence-corrected chi connectivity index (χ1v) is 6.92. The second kappa shape index (κ2) is 7.88. The monoisotopic (exact) mass is 315 g/mol. The number of amides is 1. The van der Waals surface area contributed by atoms with Crippen molar-refractivity contribution < 1.29 is 19.1 Å². The molecule has 0 unspecified atom stereocenters. The smallest absolute Gasteiger partial charge is 0.328 e. The van der Waals surface area contributed by atoms with E-state index in [4.69, 9.17) is 9.47 Å². The molecular formula is C16H17N3O4. The third kappa shape index (κ3) is 4.50. The number of ether oxygens (including phenoxy) is 2. The molecule has 0 spiro atoms. The summed E-state index contributed by atoms with van der Waals surface area (Å²) >= 11 is 0. The Morgan fingerprint density at radius 3 is 2.57 bits per heavy atom. The zero-order valence-corrected chi connectivity index (χ0v) is 12.9. The molecule has 0 aliphatic rings. The number of nitrogens with one attached hydrogen (secondary N) is 1. The Labute approximate surface area is 133 Å². The highest BCUT2D eigenvalue weighted by Crippen LogP contribution is 2.10. The Bertz CT molecular complexity index is 659. The van der Waals surface area contributed by atoms with Crippen molar-refractivity contribution in [2.45, 2.75) is 12.5 Å². The molecule has 0 aromatic carbocycles. The number of pyridine rings is 2. The fourth-order valence-electron chi connectivity index (χ4n) is 1.95. The van der Waals surface area contributed by atoms with Crippen molar-refractivity contribution >= 4 is 11.9 Å². The SMILES string of the molecule is COC(=O)[C@H](Cc1ccc(OC)nc1)NC(=O)c1ccccn1. The van der Waals surface area contributed by atoms with Gasteiger partial charge in [0.2, 0.25) is 5.88 Å². The summed E-state index contributed by atoms with van der Waals surface area (Å²) in [4.78, 5) is 32.1. The molecule has 0 aliphatic heterocycles. The number of aromatic nitrogens is 2. The summed E-state index contributed by atoms with van der Waals surface area (Å²) in [6.45, 7) is 0. The summed E-state index contributed by atoms with van der Waals surface area (Å²) in [7, 11) is 2.79. The van der Waals surface area contributed by atoms with Crippen LogP contribution in [-0.2, 0) is 16.0 Å². The first kappa shape index (κ1) is 16.4. The van der Waals surface area contributed by atoms with Crippen molar-refractivity contribution in [2.75, 3.05) is 14.2 Å². The van der Waals surface area contributed by atoms with E-state index in [1.54, 1.807) is 36.5 Å². The largest absolute Gasteiger partial charge is 0.481 e. The highest BCUT2D eigenvalue weighted by Gasteiger charge is 2.23. The second-order valence-electron chi connectivity index (χ2n) is 4.68. The van der Waals surface area contributed by atoms with Crippen LogP contribution in [0.1, 0.15) is 16.1 Å². The fourth-order valence-corrected chi connectivity index (χ4v) is 1.95. The van der Waals surface area contributed by atoms with Gasteiger partial charge >= 0.3 is 5.97 Å². The van der Waals surface area contributed by atoms with Crippen LogP contribution >= 0.6 is 0 Å². The molecule has 7 nitrogen and oxygen atoms in total. The summed E-state index contributed by atoms with van der Waals surface area (Å²) in [6, 6.07) is 7.60. The topological polar surface area (TPSA) is 90.4 Å². The van der Waals surface area contributed by atoms with Crippen LogP contribution < -0.4 is 10.1 Å². The van der Waals surface area contributed by atoms with E-state index >= 15 is 0 Å². The lowest BCUT2D eigenvalue weighted by Gasteiger charge is -2.16. The molecule has 2 heterocycles. The standard InChI is InChI=1S/C16H17N3O4/c1-22-14-7-6-11(10-18-14)9-13(16(21)23-2)19-15(20)12-5-3-4-8-17-12/h3-8,10,13H,9H2,1-2H3,(H,19,20)/t13-/m0/s1. The van der Waals surface area contributed by atoms with Crippen molar-refractivity contribution in [3.8, 4) is 5.88 Å². The van der Waals surface area contributed by atoms with Gasteiger partial charge in [-0.3, -0.25) is 9.78 Å². The van der Waals surface area contributed by atoms with Gasteiger partial charge < -0.3 is 14.8 Å². The van der Waals surface area contributed by atoms with Gasteiger partial charge in [-0.2, -0.15) is 0 Å². The van der Waals surface area contributed by atoms with Crippen molar-refractivity contribution in [3.05, 3.63) is 54.0 Å². The van der Waals surface area contributed by atoms with Gasteiger partial charge in [0, 0.05) is 24.9 Å². The fraction of sp³-hybridized carbons (Fsp3) is 0.250. The molecule has 0 bridgehead atoms. The highest BCUT2D eigenvalue weighted by atomic mass is 16.5. The quantitative estimate of drug-likeness (QED) is 0.800. The van der Waals surface area contributed by atoms with Crippen LogP contribution in [0.2, 0.25) is 0 Å². The van der Waals surface area contributed by atoms with Crippen LogP contribution in [0.4, 0.5) is 0 Å². The number of esters is 1. The average molecular weight is 315 g/mol. The minimum atomic E-state index is -0.829. The maximum absolute atomic E-state index is 12.1. The predicted molar refractivity (Wildman–Crippen MR) is 82.0 cm³/mol. The van der Waals surface area contributed by atoms with Crippen molar-refractivity contribution in [3.63, 3.8) is 0 Å². The lowest BCUT2D eigenvalue weighted by atomic mass is 10.1. The number of hydrogen-bond acceptors (Lipinski definition) is 6. The van der Waals surface area contributed by atoms with Gasteiger partial charge in [0.25, 0.3) is 5.91 Å². The maximum atomic E-state index is 12.1. The molecule has 0 radical (unpaired) electrons. The molecule has 2 aromatic rings. The first-order valence-electron chi connectivity index (χ1n) is 6.92. The minimum Gasteiger partial charge on any atom is -0.481 e. The van der Waals surface area contributed by atoms with E-state index < -0.39 is 17.9 Å². The van der Waals surface area contributed by atoms with Gasteiger partial charge in [0.1, 0.15) is 11.7 Å². The molecule has 0 saturated heterocycles. The van der Waals surface area contributed by atoms with Gasteiger partial charge in [-0.25, -0.2) is 9.78 Å². The van der Waals surface area contributed by atoms with Gasteiger partial charge in [-0.05, 0) is 17.7 Å². The molecule has 0 fully saturated rings. The van der Waals surface area contributed by atoms with E-state index in [-0.39, 0.29) is 12.1 Å². The van der Waals surface area contributed by atoms with Crippen LogP contribution in [0.5, 0.6) is 5.88 Å². The minimum absolute atomic E-state index is 0.231. The van der Waals surface area contributed by atoms with Crippen molar-refractivity contribution in [1.82, 2.24) is 15.3 Å². The Morgan fingerprint density at radius 2 is 2.00 bits per heavy atom. The molecule has 1 amide bonds. The molecule has 0 saturated carbocycles. The van der Waals surface area contributed by atoms with Crippen LogP contribution in [0.3, 0.4) is 0 Å². The number of carbonyl (C=O) groups is 2. The molecule has 0 aliphatic carbocycles. The predicted octanol–water partition coefficient (Wildman–Crippen LogP) is 0.999. The number of carbonyl (C=O) groups excluding carboxylic acids is 2. The Balaban J connectivity index is 2.10. The van der Waals surface area contributed by atoms with E-state index in [0.29, 0.717) is 5.88 Å². The molecular weight excluding hydrogens is 298 g/mol. The number of rotatable bonds is 6. The van der Waals surface area contributed by atoms with Crippen molar-refractivity contribution in [1.29, 1.82) is 0 Å². The molecule has 2 rings (SSSR count). The van der Waals surface area contributed by atoms with Crippen LogP contribution in [0.25, 0.3) is 0 Å². The zero-order chi connectivity index (χ0) is 16.7. The highest BCUT2D eigenvalue weighted by molar-refractivity contribution is 5.95. The molecule has 7 heteroatoms. The number of nitrogens with zero attached hydrogens (tertiary/aromatic N) is 2. The lowest BCUT2D eigenvalue weighted by Crippen LogP contribution is -2.43. The summed E-state index contributed by atoms with van der Waals surface area (Å²) in [5.41, 5.74) is 0.997. The van der Waals surface area contributed by atoms with E-state index in [1.807, 2.05) is 0 Å². The van der Waals surface area contributed by atoms with Crippen LogP contribution in [-0.4, -0.2) is 42.1 Å². The Kier molecular flexibility index (Phi) is 5.62. The van der Waals surface area contributed by atoms with E-state index in [1.165, 1.54) is 20.4 Å². The summed E-state index contributed by atoms with van der Waals surface area (Å²) in [5, 5.41) is 2.63. The Morgan fingerprint density at radius 1 is 1.17 bits per heavy atom. The molecule has 23 heavy (non-hydrogen) atoms. The van der Waals surface area contributed by atoms with Gasteiger partial charge in [0.05, 0.1) is 14.2 Å². The normalized spacial score (nSPS) is 11.4. The first-order chi connectivity index (χ1) is 11.1. The maximum Gasteiger partial charge on any atom is 0.328 e. The summed E-state index contributed by atoms with van der Waals surface area (Å²) in [6.07, 6.45) is 3.35. The molecule has 1 N–H and O–H groups in total. The van der Waals surface area contributed by atoms with Crippen LogP contribution in [0, 0.1) is 0 Å². The van der Waals surface area contributed by atoms with Gasteiger partial charge in [-0.1, -0.05) is 12.1 Å². The van der Waals surface area contributed by atoms with Gasteiger partial charge in [-0.15, -0.1) is 0 Å². The third-order valence-corrected chi connectivity index (χ3v) is 3.14. The van der Waals surface area contributed by atoms with Crippen molar-refractivity contribution in [2.24, 2.45) is 0 Å². The third-order valence-electron chi connectivity index (χ3n) is 3.14. The molecule has 2 aromatic heterocycles. The van der Waals surface area contributed by atoms with E-state index in [9.17, 15) is 9.59 Å². The number of methoxy groups -OCH3 is 2. The van der Waals surface area contributed by atoms with Crippen LogP contribution in [0.15, 0.2) is 42.7 Å². The summed E-state index contributed by atoms with van der Waals surface area (Å²) in [5.74, 6) is -0.506. The van der Waals surface area contributed by atoms with Gasteiger partial charge in [0.15, 0.2) is 0 Å². The zero-order valence-electron chi connectivity index (χ0n) is 12.9.